The average Bonchev–Trinajstić information content (AvgIpc) is 2.36. The lowest BCUT2D eigenvalue weighted by molar-refractivity contribution is -0.153. The Morgan fingerprint density at radius 2 is 1.89 bits per heavy atom. The van der Waals surface area contributed by atoms with Crippen molar-refractivity contribution in [1.82, 2.24) is 4.90 Å². The van der Waals surface area contributed by atoms with E-state index in [2.05, 4.69) is 4.99 Å². The Labute approximate surface area is 110 Å². The van der Waals surface area contributed by atoms with Crippen molar-refractivity contribution in [3.63, 3.8) is 0 Å². The van der Waals surface area contributed by atoms with Crippen LogP contribution in [-0.2, 0) is 9.59 Å². The fourth-order valence-corrected chi connectivity index (χ4v) is 2.43. The van der Waals surface area contributed by atoms with E-state index >= 15 is 0 Å². The molecule has 4 N–H and O–H groups in total. The molecule has 8 nitrogen and oxygen atoms in total. The van der Waals surface area contributed by atoms with Crippen LogP contribution in [0.1, 0.15) is 32.1 Å². The zero-order valence-electron chi connectivity index (χ0n) is 10.4. The fourth-order valence-electron chi connectivity index (χ4n) is 2.43. The molecule has 0 unspecified atom stereocenters. The second-order valence-corrected chi connectivity index (χ2v) is 4.45. The summed E-state index contributed by atoms with van der Waals surface area (Å²) in [6.45, 7) is -0.594. The number of aliphatic carboxylic acids is 2. The summed E-state index contributed by atoms with van der Waals surface area (Å²) >= 11 is 0. The molecule has 8 heteroatoms. The number of guanidine groups is 1. The Morgan fingerprint density at radius 3 is 2.32 bits per heavy atom. The predicted octanol–water partition coefficient (Wildman–Crippen LogP) is -0.0437. The number of hydrogen-bond acceptors (Lipinski definition) is 4. The van der Waals surface area contributed by atoms with Gasteiger partial charge in [-0.15, -0.1) is 4.99 Å². The average molecular weight is 268 g/mol. The van der Waals surface area contributed by atoms with Gasteiger partial charge in [0.05, 0.1) is 0 Å². The fraction of sp³-hybridized carbons (Fsp3) is 0.636. The molecule has 1 rings (SSSR count). The monoisotopic (exact) mass is 268 g/mol. The lowest BCUT2D eigenvalue weighted by Crippen LogP contribution is -2.61. The van der Waals surface area contributed by atoms with Gasteiger partial charge in [-0.1, -0.05) is 19.3 Å². The molecule has 1 aliphatic carbocycles. The van der Waals surface area contributed by atoms with Crippen molar-refractivity contribution >= 4 is 17.9 Å². The summed E-state index contributed by atoms with van der Waals surface area (Å²) < 4.78 is 0. The molecule has 0 bridgehead atoms. The smallest absolute Gasteiger partial charge is 0.329 e. The summed E-state index contributed by atoms with van der Waals surface area (Å²) in [7, 11) is 0. The van der Waals surface area contributed by atoms with E-state index < -0.39 is 24.0 Å². The normalized spacial score (nSPS) is 18.4. The van der Waals surface area contributed by atoms with Gasteiger partial charge in [-0.05, 0) is 12.8 Å². The standard InChI is InChI=1S/C11H16N4O4/c12-7-14-10(13)15(6-8(16)17)11(9(18)19)4-2-1-3-5-11/h1-6H2,(H2,13,14)(H,16,17)(H,18,19). The second-order valence-electron chi connectivity index (χ2n) is 4.45. The number of carboxylic acids is 2. The minimum Gasteiger partial charge on any atom is -0.480 e. The third-order valence-corrected chi connectivity index (χ3v) is 3.33. The third kappa shape index (κ3) is 3.13. The molecule has 1 fully saturated rings. The van der Waals surface area contributed by atoms with Crippen LogP contribution in [0.4, 0.5) is 0 Å². The maximum Gasteiger partial charge on any atom is 0.329 e. The van der Waals surface area contributed by atoms with Crippen LogP contribution in [0.15, 0.2) is 4.99 Å². The van der Waals surface area contributed by atoms with Gasteiger partial charge in [-0.3, -0.25) is 4.79 Å². The summed E-state index contributed by atoms with van der Waals surface area (Å²) in [4.78, 5) is 26.8. The Morgan fingerprint density at radius 1 is 1.32 bits per heavy atom. The Bertz CT molecular complexity index is 434. The first-order chi connectivity index (χ1) is 8.94. The molecule has 0 radical (unpaired) electrons. The van der Waals surface area contributed by atoms with Gasteiger partial charge in [0.2, 0.25) is 12.2 Å². The number of carboxylic acid groups (broad SMARTS) is 2. The molecule has 0 aromatic rings. The second kappa shape index (κ2) is 6.04. The molecule has 19 heavy (non-hydrogen) atoms. The first-order valence-electron chi connectivity index (χ1n) is 5.89. The summed E-state index contributed by atoms with van der Waals surface area (Å²) in [5.74, 6) is -2.72. The lowest BCUT2D eigenvalue weighted by atomic mass is 9.80. The molecule has 0 amide bonds. The summed E-state index contributed by atoms with van der Waals surface area (Å²) in [6.07, 6.45) is 4.26. The van der Waals surface area contributed by atoms with Crippen molar-refractivity contribution in [3.8, 4) is 6.19 Å². The highest BCUT2D eigenvalue weighted by Crippen LogP contribution is 2.34. The van der Waals surface area contributed by atoms with Crippen LogP contribution in [0.25, 0.3) is 0 Å². The van der Waals surface area contributed by atoms with Crippen molar-refractivity contribution in [2.45, 2.75) is 37.6 Å². The van der Waals surface area contributed by atoms with E-state index in [4.69, 9.17) is 16.1 Å². The maximum atomic E-state index is 11.6. The molecule has 1 aliphatic rings. The van der Waals surface area contributed by atoms with Crippen molar-refractivity contribution in [1.29, 1.82) is 5.26 Å². The van der Waals surface area contributed by atoms with Gasteiger partial charge in [-0.25, -0.2) is 4.79 Å². The van der Waals surface area contributed by atoms with Gasteiger partial charge in [0, 0.05) is 0 Å². The van der Waals surface area contributed by atoms with Crippen LogP contribution in [-0.4, -0.2) is 45.1 Å². The number of nitrogens with two attached hydrogens (primary N) is 1. The van der Waals surface area contributed by atoms with Gasteiger partial charge in [0.25, 0.3) is 0 Å². The molecule has 0 saturated heterocycles. The summed E-state index contributed by atoms with van der Waals surface area (Å²) in [6, 6.07) is 0. The predicted molar refractivity (Wildman–Crippen MR) is 65.0 cm³/mol. The van der Waals surface area contributed by atoms with Gasteiger partial charge in [-0.2, -0.15) is 5.26 Å². The van der Waals surface area contributed by atoms with E-state index in [1.54, 1.807) is 0 Å². The minimum atomic E-state index is -1.39. The zero-order valence-corrected chi connectivity index (χ0v) is 10.4. The number of carbonyl (C=O) groups is 2. The first kappa shape index (κ1) is 14.8. The molecule has 0 aromatic carbocycles. The van der Waals surface area contributed by atoms with Crippen LogP contribution < -0.4 is 5.73 Å². The Kier molecular flexibility index (Phi) is 4.69. The van der Waals surface area contributed by atoms with Crippen molar-refractivity contribution in [2.75, 3.05) is 6.54 Å². The van der Waals surface area contributed by atoms with E-state index in [1.807, 2.05) is 0 Å². The molecular weight excluding hydrogens is 252 g/mol. The molecular formula is C11H16N4O4. The molecule has 0 spiro atoms. The van der Waals surface area contributed by atoms with Crippen LogP contribution in [0.5, 0.6) is 0 Å². The van der Waals surface area contributed by atoms with Crippen LogP contribution in [0, 0.1) is 11.5 Å². The lowest BCUT2D eigenvalue weighted by Gasteiger charge is -2.42. The SMILES string of the molecule is N#CN=C(N)N(CC(=O)O)C1(C(=O)O)CCCCC1. The quantitative estimate of drug-likeness (QED) is 0.369. The molecule has 0 heterocycles. The number of aliphatic imine (C=N–C) groups is 1. The number of nitrogens with zero attached hydrogens (tertiary/aromatic N) is 3. The molecule has 0 aromatic heterocycles. The molecule has 0 atom stereocenters. The molecule has 104 valence electrons. The van der Waals surface area contributed by atoms with Crippen molar-refractivity contribution in [2.24, 2.45) is 10.7 Å². The minimum absolute atomic E-state index is 0.289. The maximum absolute atomic E-state index is 11.6. The first-order valence-corrected chi connectivity index (χ1v) is 5.89. The van der Waals surface area contributed by atoms with E-state index in [0.717, 1.165) is 11.3 Å². The number of rotatable bonds is 4. The highest BCUT2D eigenvalue weighted by atomic mass is 16.4. The van der Waals surface area contributed by atoms with Crippen molar-refractivity contribution in [3.05, 3.63) is 0 Å². The molecule has 0 aliphatic heterocycles. The summed E-state index contributed by atoms with van der Waals surface area (Å²) in [5.41, 5.74) is 4.17. The Hall–Kier alpha value is -2.30. The number of hydrogen-bond donors (Lipinski definition) is 3. The van der Waals surface area contributed by atoms with Gasteiger partial charge in [0.15, 0.2) is 0 Å². The van der Waals surface area contributed by atoms with Gasteiger partial charge in [0.1, 0.15) is 12.1 Å². The zero-order chi connectivity index (χ0) is 14.5. The number of nitriles is 1. The largest absolute Gasteiger partial charge is 0.480 e. The van der Waals surface area contributed by atoms with E-state index in [1.165, 1.54) is 6.19 Å². The van der Waals surface area contributed by atoms with Gasteiger partial charge < -0.3 is 20.8 Å². The van der Waals surface area contributed by atoms with E-state index in [9.17, 15) is 14.7 Å². The van der Waals surface area contributed by atoms with Gasteiger partial charge >= 0.3 is 11.9 Å². The van der Waals surface area contributed by atoms with Crippen LogP contribution in [0.3, 0.4) is 0 Å². The highest BCUT2D eigenvalue weighted by molar-refractivity contribution is 5.90. The van der Waals surface area contributed by atoms with E-state index in [0.29, 0.717) is 12.8 Å². The summed E-state index contributed by atoms with van der Waals surface area (Å²) in [5, 5.41) is 26.9. The Balaban J connectivity index is 3.18. The third-order valence-electron chi connectivity index (χ3n) is 3.33. The highest BCUT2D eigenvalue weighted by Gasteiger charge is 2.46. The van der Waals surface area contributed by atoms with Crippen LogP contribution >= 0.6 is 0 Å². The topological polar surface area (TPSA) is 140 Å². The van der Waals surface area contributed by atoms with E-state index in [-0.39, 0.29) is 18.8 Å². The van der Waals surface area contributed by atoms with Crippen molar-refractivity contribution < 1.29 is 19.8 Å². The molecule has 1 saturated carbocycles. The van der Waals surface area contributed by atoms with Crippen LogP contribution in [0.2, 0.25) is 0 Å².